The lowest BCUT2D eigenvalue weighted by atomic mass is 10.2. The van der Waals surface area contributed by atoms with Crippen LogP contribution in [0.3, 0.4) is 0 Å². The Bertz CT molecular complexity index is 181. The van der Waals surface area contributed by atoms with E-state index in [1.165, 1.54) is 6.08 Å². The second-order valence-electron chi connectivity index (χ2n) is 2.67. The third kappa shape index (κ3) is 2.95. The third-order valence-corrected chi connectivity index (χ3v) is 2.03. The number of primary amides is 1. The summed E-state index contributed by atoms with van der Waals surface area (Å²) in [6.45, 7) is 0.900. The Balaban J connectivity index is 2.33. The smallest absolute Gasteiger partial charge is 0.241 e. The summed E-state index contributed by atoms with van der Waals surface area (Å²) in [6, 6.07) is 0.269. The largest absolute Gasteiger partial charge is 0.366 e. The Kier molecular flexibility index (Phi) is 2.96. The van der Waals surface area contributed by atoms with Crippen molar-refractivity contribution in [1.29, 1.82) is 0 Å². The van der Waals surface area contributed by atoms with E-state index >= 15 is 0 Å². The lowest BCUT2D eigenvalue weighted by Gasteiger charge is -2.00. The van der Waals surface area contributed by atoms with E-state index in [0.717, 1.165) is 13.0 Å². The Morgan fingerprint density at radius 1 is 1.73 bits per heavy atom. The molecule has 0 aromatic heterocycles. The number of amides is 1. The van der Waals surface area contributed by atoms with Crippen molar-refractivity contribution in [2.75, 3.05) is 6.54 Å². The number of thiol groups is 1. The van der Waals surface area contributed by atoms with E-state index in [2.05, 4.69) is 17.9 Å². The first kappa shape index (κ1) is 8.62. The molecule has 3 nitrogen and oxygen atoms in total. The fourth-order valence-corrected chi connectivity index (χ4v) is 1.44. The first-order chi connectivity index (χ1) is 5.18. The van der Waals surface area contributed by atoms with Crippen LogP contribution in [0, 0.1) is 0 Å². The van der Waals surface area contributed by atoms with Gasteiger partial charge in [0.15, 0.2) is 0 Å². The van der Waals surface area contributed by atoms with E-state index in [9.17, 15) is 4.79 Å². The Morgan fingerprint density at radius 3 is 2.91 bits per heavy atom. The number of carbonyl (C=O) groups is 1. The summed E-state index contributed by atoms with van der Waals surface area (Å²) >= 11 is 4.28. The Morgan fingerprint density at radius 2 is 2.45 bits per heavy atom. The van der Waals surface area contributed by atoms with E-state index in [1.807, 2.05) is 0 Å². The van der Waals surface area contributed by atoms with Gasteiger partial charge in [0.05, 0.1) is 0 Å². The van der Waals surface area contributed by atoms with Gasteiger partial charge in [-0.1, -0.05) is 6.08 Å². The molecule has 11 heavy (non-hydrogen) atoms. The van der Waals surface area contributed by atoms with E-state index in [-0.39, 0.29) is 6.04 Å². The molecule has 0 aromatic carbocycles. The van der Waals surface area contributed by atoms with Crippen LogP contribution in [0.15, 0.2) is 12.2 Å². The summed E-state index contributed by atoms with van der Waals surface area (Å²) in [5.74, 6) is -0.394. The highest BCUT2D eigenvalue weighted by molar-refractivity contribution is 7.81. The van der Waals surface area contributed by atoms with Gasteiger partial charge in [0.25, 0.3) is 0 Å². The van der Waals surface area contributed by atoms with Crippen LogP contribution in [0.5, 0.6) is 0 Å². The summed E-state index contributed by atoms with van der Waals surface area (Å²) in [5, 5.41) is 3.59. The van der Waals surface area contributed by atoms with Gasteiger partial charge >= 0.3 is 0 Å². The summed E-state index contributed by atoms with van der Waals surface area (Å²) in [7, 11) is 0. The molecule has 1 aliphatic heterocycles. The predicted molar refractivity (Wildman–Crippen MR) is 47.5 cm³/mol. The fraction of sp³-hybridized carbons (Fsp3) is 0.571. The molecule has 3 N–H and O–H groups in total. The van der Waals surface area contributed by atoms with Crippen LogP contribution in [0.1, 0.15) is 6.42 Å². The minimum absolute atomic E-state index is 0.269. The van der Waals surface area contributed by atoms with Crippen LogP contribution in [0.4, 0.5) is 0 Å². The topological polar surface area (TPSA) is 55.1 Å². The van der Waals surface area contributed by atoms with Crippen molar-refractivity contribution < 1.29 is 4.79 Å². The fourth-order valence-electron chi connectivity index (χ4n) is 1.10. The van der Waals surface area contributed by atoms with Crippen LogP contribution in [0.2, 0.25) is 0 Å². The molecule has 0 aromatic rings. The van der Waals surface area contributed by atoms with E-state index in [4.69, 9.17) is 5.73 Å². The first-order valence-corrected chi connectivity index (χ1v) is 4.09. The Hall–Kier alpha value is -0.480. The van der Waals surface area contributed by atoms with Crippen molar-refractivity contribution in [1.82, 2.24) is 5.32 Å². The summed E-state index contributed by atoms with van der Waals surface area (Å²) in [6.07, 6.45) is 4.15. The normalized spacial score (nSPS) is 31.4. The number of hydrogen-bond donors (Lipinski definition) is 3. The van der Waals surface area contributed by atoms with Gasteiger partial charge in [-0.25, -0.2) is 0 Å². The molecular formula is C7H12N2OS. The Labute approximate surface area is 71.4 Å². The van der Waals surface area contributed by atoms with E-state index in [0.29, 0.717) is 5.25 Å². The van der Waals surface area contributed by atoms with Gasteiger partial charge in [-0.05, 0) is 6.42 Å². The van der Waals surface area contributed by atoms with Gasteiger partial charge < -0.3 is 11.1 Å². The molecule has 0 spiro atoms. The van der Waals surface area contributed by atoms with Gasteiger partial charge in [-0.2, -0.15) is 12.6 Å². The van der Waals surface area contributed by atoms with Gasteiger partial charge in [0.2, 0.25) is 5.91 Å². The minimum Gasteiger partial charge on any atom is -0.366 e. The molecule has 1 fully saturated rings. The maximum atomic E-state index is 10.3. The lowest BCUT2D eigenvalue weighted by molar-refractivity contribution is -0.113. The number of carbonyl (C=O) groups excluding carboxylic acids is 1. The molecule has 2 atom stereocenters. The van der Waals surface area contributed by atoms with E-state index < -0.39 is 5.91 Å². The average Bonchev–Trinajstić information content (AvgIpc) is 2.31. The first-order valence-electron chi connectivity index (χ1n) is 3.57. The quantitative estimate of drug-likeness (QED) is 0.395. The standard InChI is InChI=1S/C7H12N2OS/c8-7(10)2-1-5-3-6(11)4-9-5/h1-2,5-6,9,11H,3-4H2,(H2,8,10). The van der Waals surface area contributed by atoms with Crippen LogP contribution >= 0.6 is 12.6 Å². The van der Waals surface area contributed by atoms with E-state index in [1.54, 1.807) is 6.08 Å². The summed E-state index contributed by atoms with van der Waals surface area (Å²) in [4.78, 5) is 10.3. The highest BCUT2D eigenvalue weighted by atomic mass is 32.1. The lowest BCUT2D eigenvalue weighted by Crippen LogP contribution is -2.19. The highest BCUT2D eigenvalue weighted by Gasteiger charge is 2.18. The highest BCUT2D eigenvalue weighted by Crippen LogP contribution is 2.12. The molecule has 4 heteroatoms. The number of nitrogens with one attached hydrogen (secondary N) is 1. The molecule has 1 heterocycles. The number of nitrogens with two attached hydrogens (primary N) is 1. The molecule has 62 valence electrons. The predicted octanol–water partition coefficient (Wildman–Crippen LogP) is -0.312. The minimum atomic E-state index is -0.394. The molecule has 1 saturated heterocycles. The molecule has 1 aliphatic rings. The van der Waals surface area contributed by atoms with Crippen molar-refractivity contribution in [3.05, 3.63) is 12.2 Å². The zero-order valence-corrected chi connectivity index (χ0v) is 7.05. The van der Waals surface area contributed by atoms with Gasteiger partial charge in [0, 0.05) is 23.9 Å². The SMILES string of the molecule is NC(=O)C=CC1CC(S)CN1. The van der Waals surface area contributed by atoms with Gasteiger partial charge in [0.1, 0.15) is 0 Å². The molecule has 0 bridgehead atoms. The van der Waals surface area contributed by atoms with Crippen molar-refractivity contribution in [2.45, 2.75) is 17.7 Å². The summed E-state index contributed by atoms with van der Waals surface area (Å²) in [5.41, 5.74) is 4.93. The molecule has 1 amide bonds. The van der Waals surface area contributed by atoms with Crippen LogP contribution < -0.4 is 11.1 Å². The van der Waals surface area contributed by atoms with Crippen molar-refractivity contribution in [3.8, 4) is 0 Å². The maximum Gasteiger partial charge on any atom is 0.241 e. The zero-order valence-electron chi connectivity index (χ0n) is 6.16. The van der Waals surface area contributed by atoms with Crippen molar-refractivity contribution >= 4 is 18.5 Å². The second kappa shape index (κ2) is 3.78. The van der Waals surface area contributed by atoms with Crippen LogP contribution in [-0.4, -0.2) is 23.7 Å². The maximum absolute atomic E-state index is 10.3. The average molecular weight is 172 g/mol. The molecule has 0 radical (unpaired) electrons. The van der Waals surface area contributed by atoms with Crippen LogP contribution in [-0.2, 0) is 4.79 Å². The zero-order chi connectivity index (χ0) is 8.27. The van der Waals surface area contributed by atoms with Crippen molar-refractivity contribution in [2.24, 2.45) is 5.73 Å². The molecule has 2 unspecified atom stereocenters. The number of hydrogen-bond acceptors (Lipinski definition) is 3. The third-order valence-electron chi connectivity index (χ3n) is 1.63. The molecular weight excluding hydrogens is 160 g/mol. The monoisotopic (exact) mass is 172 g/mol. The van der Waals surface area contributed by atoms with Gasteiger partial charge in [-0.15, -0.1) is 0 Å². The van der Waals surface area contributed by atoms with Gasteiger partial charge in [-0.3, -0.25) is 4.79 Å². The molecule has 1 rings (SSSR count). The molecule has 0 saturated carbocycles. The second-order valence-corrected chi connectivity index (χ2v) is 3.40. The summed E-state index contributed by atoms with van der Waals surface area (Å²) < 4.78 is 0. The van der Waals surface area contributed by atoms with Crippen LogP contribution in [0.25, 0.3) is 0 Å². The molecule has 0 aliphatic carbocycles. The van der Waals surface area contributed by atoms with Crippen molar-refractivity contribution in [3.63, 3.8) is 0 Å². The number of rotatable bonds is 2.